The highest BCUT2D eigenvalue weighted by Crippen LogP contribution is 2.40. The molecule has 0 aliphatic rings. The number of hydrogen-bond donors (Lipinski definition) is 2. The first-order chi connectivity index (χ1) is 19.1. The van der Waals surface area contributed by atoms with Crippen molar-refractivity contribution in [3.8, 4) is 5.75 Å². The van der Waals surface area contributed by atoms with Crippen molar-refractivity contribution in [2.45, 2.75) is 20.5 Å². The molecule has 0 saturated heterocycles. The highest BCUT2D eigenvalue weighted by Gasteiger charge is 2.21. The third-order valence-corrected chi connectivity index (χ3v) is 7.21. The van der Waals surface area contributed by atoms with Crippen molar-refractivity contribution in [1.82, 2.24) is 10.3 Å². The number of likely N-dealkylation sites (N-methyl/N-ethyl adjacent to an activating group) is 1. The van der Waals surface area contributed by atoms with Gasteiger partial charge in [-0.3, -0.25) is 9.59 Å². The van der Waals surface area contributed by atoms with Crippen molar-refractivity contribution >= 4 is 87.2 Å². The summed E-state index contributed by atoms with van der Waals surface area (Å²) in [5.74, 6) is -0.189. The first kappa shape index (κ1) is 32.0. The van der Waals surface area contributed by atoms with E-state index in [0.29, 0.717) is 54.9 Å². The molecule has 0 bridgehead atoms. The SMILES string of the molecule is CC(=O)c1cccc(NC(=O)NCC(=O)N(C)c2cccc3nc(C)c(OCc4c(Cl)cccc4Cl)c(Cl)c23)c1.Cl. The average Bonchev–Trinajstić information content (AvgIpc) is 2.92. The summed E-state index contributed by atoms with van der Waals surface area (Å²) in [6.07, 6.45) is 0. The Balaban J connectivity index is 0.00000462. The lowest BCUT2D eigenvalue weighted by Gasteiger charge is -2.21. The predicted molar refractivity (Wildman–Crippen MR) is 166 cm³/mol. The third-order valence-electron chi connectivity index (χ3n) is 6.14. The molecule has 12 heteroatoms. The van der Waals surface area contributed by atoms with Gasteiger partial charge >= 0.3 is 6.03 Å². The van der Waals surface area contributed by atoms with E-state index in [4.69, 9.17) is 39.5 Å². The number of benzene rings is 3. The summed E-state index contributed by atoms with van der Waals surface area (Å²) in [7, 11) is 1.58. The standard InChI is InChI=1S/C29H25Cl3N4O4.ClH/c1-16-28(40-15-20-21(30)9-5-10-22(20)31)27(32)26-23(34-16)11-6-12-24(26)36(3)25(38)14-33-29(39)35-19-8-4-7-18(13-19)17(2)37;/h4-13H,14-15H2,1-3H3,(H2,33,35,39);1H. The second-order valence-corrected chi connectivity index (χ2v) is 10.1. The van der Waals surface area contributed by atoms with Gasteiger partial charge in [-0.15, -0.1) is 12.4 Å². The Kier molecular flexibility index (Phi) is 10.8. The Morgan fingerprint density at radius 2 is 1.63 bits per heavy atom. The minimum absolute atomic E-state index is 0. The smallest absolute Gasteiger partial charge is 0.319 e. The van der Waals surface area contributed by atoms with E-state index in [1.807, 2.05) is 0 Å². The van der Waals surface area contributed by atoms with E-state index in [2.05, 4.69) is 15.6 Å². The van der Waals surface area contributed by atoms with Gasteiger partial charge in [-0.1, -0.05) is 59.1 Å². The maximum absolute atomic E-state index is 13.1. The van der Waals surface area contributed by atoms with Gasteiger partial charge in [0.05, 0.1) is 28.5 Å². The number of nitrogens with zero attached hydrogens (tertiary/aromatic N) is 2. The molecule has 0 saturated carbocycles. The first-order valence-electron chi connectivity index (χ1n) is 12.1. The van der Waals surface area contributed by atoms with Crippen LogP contribution >= 0.6 is 47.2 Å². The summed E-state index contributed by atoms with van der Waals surface area (Å²) in [5, 5.41) is 6.87. The number of aromatic nitrogens is 1. The quantitative estimate of drug-likeness (QED) is 0.195. The predicted octanol–water partition coefficient (Wildman–Crippen LogP) is 7.49. The molecule has 0 radical (unpaired) electrons. The van der Waals surface area contributed by atoms with Crippen LogP contribution in [0.2, 0.25) is 15.1 Å². The Morgan fingerprint density at radius 1 is 0.976 bits per heavy atom. The molecule has 214 valence electrons. The van der Waals surface area contributed by atoms with E-state index in [0.717, 1.165) is 0 Å². The van der Waals surface area contributed by atoms with Crippen LogP contribution < -0.4 is 20.3 Å². The van der Waals surface area contributed by atoms with E-state index < -0.39 is 11.9 Å². The zero-order valence-electron chi connectivity index (χ0n) is 22.3. The summed E-state index contributed by atoms with van der Waals surface area (Å²) in [6.45, 7) is 2.98. The number of rotatable bonds is 8. The van der Waals surface area contributed by atoms with Gasteiger partial charge in [-0.2, -0.15) is 0 Å². The van der Waals surface area contributed by atoms with Crippen molar-refractivity contribution in [2.75, 3.05) is 23.8 Å². The summed E-state index contributed by atoms with van der Waals surface area (Å²) in [4.78, 5) is 43.0. The van der Waals surface area contributed by atoms with Crippen LogP contribution in [0.5, 0.6) is 5.75 Å². The second-order valence-electron chi connectivity index (χ2n) is 8.90. The maximum Gasteiger partial charge on any atom is 0.319 e. The highest BCUT2D eigenvalue weighted by atomic mass is 35.5. The van der Waals surface area contributed by atoms with Crippen LogP contribution in [0.3, 0.4) is 0 Å². The number of Topliss-reactive ketones (excluding diaryl/α,β-unsaturated/α-hetero) is 1. The molecule has 1 aromatic heterocycles. The Hall–Kier alpha value is -3.56. The van der Waals surface area contributed by atoms with Gasteiger partial charge in [0, 0.05) is 39.3 Å². The Bertz CT molecular complexity index is 1610. The molecule has 1 heterocycles. The maximum atomic E-state index is 13.1. The van der Waals surface area contributed by atoms with Gasteiger partial charge < -0.3 is 20.3 Å². The average molecular weight is 636 g/mol. The zero-order valence-corrected chi connectivity index (χ0v) is 25.3. The number of aryl methyl sites for hydroxylation is 1. The molecule has 3 amide bonds. The van der Waals surface area contributed by atoms with Gasteiger partial charge in [-0.05, 0) is 50.2 Å². The Morgan fingerprint density at radius 3 is 2.32 bits per heavy atom. The number of nitrogens with one attached hydrogen (secondary N) is 2. The van der Waals surface area contributed by atoms with Gasteiger partial charge in [0.25, 0.3) is 0 Å². The number of anilines is 2. The van der Waals surface area contributed by atoms with Gasteiger partial charge in [0.15, 0.2) is 11.5 Å². The number of fused-ring (bicyclic) bond motifs is 1. The lowest BCUT2D eigenvalue weighted by Crippen LogP contribution is -2.40. The van der Waals surface area contributed by atoms with Gasteiger partial charge in [0.2, 0.25) is 5.91 Å². The summed E-state index contributed by atoms with van der Waals surface area (Å²) >= 11 is 19.4. The largest absolute Gasteiger partial charge is 0.485 e. The van der Waals surface area contributed by atoms with Crippen LogP contribution in [0.15, 0.2) is 60.7 Å². The van der Waals surface area contributed by atoms with E-state index in [1.165, 1.54) is 11.8 Å². The van der Waals surface area contributed by atoms with Crippen LogP contribution in [0.4, 0.5) is 16.2 Å². The van der Waals surface area contributed by atoms with Crippen molar-refractivity contribution in [3.05, 3.63) is 92.6 Å². The van der Waals surface area contributed by atoms with Gasteiger partial charge in [-0.25, -0.2) is 9.78 Å². The van der Waals surface area contributed by atoms with Crippen molar-refractivity contribution in [3.63, 3.8) is 0 Å². The summed E-state index contributed by atoms with van der Waals surface area (Å²) in [6, 6.07) is 16.4. The number of hydrogen-bond acceptors (Lipinski definition) is 5. The molecule has 8 nitrogen and oxygen atoms in total. The normalized spacial score (nSPS) is 10.5. The molecule has 4 rings (SSSR count). The molecule has 0 aliphatic carbocycles. The molecular formula is C29H26Cl4N4O4. The highest BCUT2D eigenvalue weighted by molar-refractivity contribution is 6.38. The number of carbonyl (C=O) groups excluding carboxylic acids is 3. The molecule has 0 atom stereocenters. The number of amides is 3. The molecule has 4 aromatic rings. The fourth-order valence-corrected chi connectivity index (χ4v) is 4.90. The number of pyridine rings is 1. The van der Waals surface area contributed by atoms with E-state index in [1.54, 1.807) is 74.6 Å². The van der Waals surface area contributed by atoms with E-state index >= 15 is 0 Å². The molecule has 0 fully saturated rings. The number of urea groups is 1. The van der Waals surface area contributed by atoms with Crippen LogP contribution in [-0.4, -0.2) is 36.3 Å². The topological polar surface area (TPSA) is 101 Å². The lowest BCUT2D eigenvalue weighted by atomic mass is 10.1. The van der Waals surface area contributed by atoms with Gasteiger partial charge in [0.1, 0.15) is 6.61 Å². The summed E-state index contributed by atoms with van der Waals surface area (Å²) < 4.78 is 6.02. The third kappa shape index (κ3) is 7.40. The minimum atomic E-state index is -0.593. The molecule has 3 aromatic carbocycles. The fourth-order valence-electron chi connectivity index (χ4n) is 4.01. The number of carbonyl (C=O) groups is 3. The van der Waals surface area contributed by atoms with Crippen molar-refractivity contribution < 1.29 is 19.1 Å². The fraction of sp³-hybridized carbons (Fsp3) is 0.172. The number of halogens is 4. The molecule has 0 unspecified atom stereocenters. The van der Waals surface area contributed by atoms with Crippen molar-refractivity contribution in [1.29, 1.82) is 0 Å². The Labute approximate surface area is 258 Å². The van der Waals surface area contributed by atoms with Crippen LogP contribution in [0.25, 0.3) is 10.9 Å². The monoisotopic (exact) mass is 634 g/mol. The number of ketones is 1. The molecule has 0 aliphatic heterocycles. The van der Waals surface area contributed by atoms with Crippen LogP contribution in [-0.2, 0) is 11.4 Å². The van der Waals surface area contributed by atoms with E-state index in [-0.39, 0.29) is 36.4 Å². The molecule has 41 heavy (non-hydrogen) atoms. The van der Waals surface area contributed by atoms with E-state index in [9.17, 15) is 14.4 Å². The molecular weight excluding hydrogens is 610 g/mol. The second kappa shape index (κ2) is 13.9. The lowest BCUT2D eigenvalue weighted by molar-refractivity contribution is -0.117. The number of ether oxygens (including phenoxy) is 1. The van der Waals surface area contributed by atoms with Crippen molar-refractivity contribution in [2.24, 2.45) is 0 Å². The molecule has 2 N–H and O–H groups in total. The molecule has 0 spiro atoms. The summed E-state index contributed by atoms with van der Waals surface area (Å²) in [5.41, 5.74) is 3.11. The van der Waals surface area contributed by atoms with Crippen LogP contribution in [0, 0.1) is 6.92 Å². The first-order valence-corrected chi connectivity index (χ1v) is 13.3. The zero-order chi connectivity index (χ0) is 29.0. The van der Waals surface area contributed by atoms with Crippen LogP contribution in [0.1, 0.15) is 28.5 Å². The minimum Gasteiger partial charge on any atom is -0.485 e.